The maximum absolute atomic E-state index is 6.27. The Hall–Kier alpha value is -7.51. The second-order valence-electron chi connectivity index (χ2n) is 13.4. The molecule has 7 nitrogen and oxygen atoms in total. The molecule has 3 aromatic heterocycles. The van der Waals surface area contributed by atoms with Gasteiger partial charge in [0.1, 0.15) is 22.2 Å². The molecule has 11 aromatic rings. The van der Waals surface area contributed by atoms with E-state index in [2.05, 4.69) is 97.1 Å². The fourth-order valence-corrected chi connectivity index (χ4v) is 7.49. The van der Waals surface area contributed by atoms with Crippen LogP contribution in [0, 0.1) is 0 Å². The molecule has 11 rings (SSSR count). The fourth-order valence-electron chi connectivity index (χ4n) is 7.49. The van der Waals surface area contributed by atoms with Gasteiger partial charge in [-0.25, -0.2) is 15.0 Å². The average molecular weight is 693 g/mol. The molecule has 0 N–H and O–H groups in total. The number of fused-ring (bicyclic) bond motifs is 8. The summed E-state index contributed by atoms with van der Waals surface area (Å²) in [6.07, 6.45) is 0. The number of nitrogens with zero attached hydrogens (tertiary/aromatic N) is 6. The maximum atomic E-state index is 6.27. The van der Waals surface area contributed by atoms with E-state index >= 15 is 0 Å². The summed E-state index contributed by atoms with van der Waals surface area (Å²) in [4.78, 5) is 17.2. The third kappa shape index (κ3) is 4.94. The number of benzene rings is 8. The zero-order valence-electron chi connectivity index (χ0n) is 28.8. The van der Waals surface area contributed by atoms with E-state index in [0.29, 0.717) is 17.5 Å². The lowest BCUT2D eigenvalue weighted by atomic mass is 9.98. The average Bonchev–Trinajstić information content (AvgIpc) is 3.86. The van der Waals surface area contributed by atoms with Crippen molar-refractivity contribution in [1.29, 1.82) is 0 Å². The Morgan fingerprint density at radius 3 is 1.89 bits per heavy atom. The molecule has 0 aliphatic heterocycles. The van der Waals surface area contributed by atoms with Crippen molar-refractivity contribution in [2.75, 3.05) is 0 Å². The molecule has 0 unspecified atom stereocenters. The Balaban J connectivity index is 1.13. The van der Waals surface area contributed by atoms with Crippen molar-refractivity contribution in [2.24, 2.45) is 0 Å². The van der Waals surface area contributed by atoms with Crippen molar-refractivity contribution in [3.8, 4) is 51.0 Å². The number of para-hydroxylation sites is 2. The fraction of sp³-hybridized carbons (Fsp3) is 0. The molecular weight excluding hydrogens is 665 g/mol. The van der Waals surface area contributed by atoms with Crippen LogP contribution in [-0.2, 0) is 0 Å². The van der Waals surface area contributed by atoms with Crippen LogP contribution in [0.4, 0.5) is 0 Å². The van der Waals surface area contributed by atoms with Crippen molar-refractivity contribution in [3.05, 3.63) is 170 Å². The van der Waals surface area contributed by atoms with Gasteiger partial charge in [-0.15, -0.1) is 10.2 Å². The molecule has 0 radical (unpaired) electrons. The number of aromatic nitrogens is 6. The lowest BCUT2D eigenvalue weighted by Gasteiger charge is -2.11. The lowest BCUT2D eigenvalue weighted by Crippen LogP contribution is -2.00. The summed E-state index contributed by atoms with van der Waals surface area (Å²) in [5, 5.41) is 16.1. The van der Waals surface area contributed by atoms with E-state index in [9.17, 15) is 0 Å². The minimum absolute atomic E-state index is 0.575. The van der Waals surface area contributed by atoms with Crippen molar-refractivity contribution >= 4 is 54.5 Å². The predicted octanol–water partition coefficient (Wildman–Crippen LogP) is 11.5. The first kappa shape index (κ1) is 30.1. The summed E-state index contributed by atoms with van der Waals surface area (Å²) in [7, 11) is 0. The molecule has 7 heteroatoms. The molecule has 3 heterocycles. The molecule has 0 saturated carbocycles. The SMILES string of the molecule is c1ccc(-c2ccc(-c3nc(-c4ccc5ccc6ccc7nn(-c8ccccc8)nc7c6c5c4)nc(-c4cccc5oc6ccccc6c45)n3)cc2)cc1. The third-order valence-corrected chi connectivity index (χ3v) is 10.1. The minimum Gasteiger partial charge on any atom is -0.456 e. The minimum atomic E-state index is 0.575. The highest BCUT2D eigenvalue weighted by molar-refractivity contribution is 6.19. The highest BCUT2D eigenvalue weighted by atomic mass is 16.3. The highest BCUT2D eigenvalue weighted by Crippen LogP contribution is 2.38. The van der Waals surface area contributed by atoms with Crippen LogP contribution < -0.4 is 0 Å². The van der Waals surface area contributed by atoms with Gasteiger partial charge in [-0.2, -0.15) is 4.80 Å². The van der Waals surface area contributed by atoms with Crippen LogP contribution in [-0.4, -0.2) is 29.9 Å². The number of hydrogen-bond donors (Lipinski definition) is 0. The Morgan fingerprint density at radius 1 is 0.407 bits per heavy atom. The third-order valence-electron chi connectivity index (χ3n) is 10.1. The smallest absolute Gasteiger partial charge is 0.164 e. The first-order valence-corrected chi connectivity index (χ1v) is 17.8. The molecule has 0 atom stereocenters. The second-order valence-corrected chi connectivity index (χ2v) is 13.4. The molecule has 0 aliphatic carbocycles. The van der Waals surface area contributed by atoms with Crippen LogP contribution in [0.1, 0.15) is 0 Å². The van der Waals surface area contributed by atoms with Crippen molar-refractivity contribution in [1.82, 2.24) is 29.9 Å². The molecule has 0 fully saturated rings. The highest BCUT2D eigenvalue weighted by Gasteiger charge is 2.19. The van der Waals surface area contributed by atoms with E-state index in [4.69, 9.17) is 29.6 Å². The van der Waals surface area contributed by atoms with Crippen LogP contribution in [0.15, 0.2) is 174 Å². The Kier molecular flexibility index (Phi) is 6.72. The number of rotatable bonds is 5. The van der Waals surface area contributed by atoms with Gasteiger partial charge in [0.25, 0.3) is 0 Å². The van der Waals surface area contributed by atoms with Gasteiger partial charge >= 0.3 is 0 Å². The van der Waals surface area contributed by atoms with Gasteiger partial charge in [-0.3, -0.25) is 0 Å². The predicted molar refractivity (Wildman–Crippen MR) is 216 cm³/mol. The largest absolute Gasteiger partial charge is 0.456 e. The topological polar surface area (TPSA) is 82.5 Å². The van der Waals surface area contributed by atoms with Crippen molar-refractivity contribution in [2.45, 2.75) is 0 Å². The first-order chi connectivity index (χ1) is 26.7. The summed E-state index contributed by atoms with van der Waals surface area (Å²) in [5.41, 5.74) is 9.12. The summed E-state index contributed by atoms with van der Waals surface area (Å²) < 4.78 is 6.27. The molecule has 0 aliphatic rings. The molecular formula is C47H28N6O. The van der Waals surface area contributed by atoms with Gasteiger partial charge in [0.2, 0.25) is 0 Å². The number of furan rings is 1. The molecule has 8 aromatic carbocycles. The molecule has 0 spiro atoms. The van der Waals surface area contributed by atoms with Crippen LogP contribution in [0.2, 0.25) is 0 Å². The normalized spacial score (nSPS) is 11.7. The summed E-state index contributed by atoms with van der Waals surface area (Å²) in [6, 6.07) is 57.7. The zero-order chi connectivity index (χ0) is 35.6. The monoisotopic (exact) mass is 692 g/mol. The van der Waals surface area contributed by atoms with Gasteiger partial charge in [0.15, 0.2) is 17.5 Å². The quantitative estimate of drug-likeness (QED) is 0.167. The Morgan fingerprint density at radius 2 is 1.04 bits per heavy atom. The van der Waals surface area contributed by atoms with Gasteiger partial charge in [-0.1, -0.05) is 133 Å². The molecule has 0 amide bonds. The standard InChI is InChI=1S/C47H28N6O/c1-3-10-29(11-4-1)30-18-23-33(24-19-30)45-48-46(50-47(49-45)37-15-9-17-41-43(37)36-14-7-8-16-40(36)54-41)34-25-21-31-20-22-32-26-27-39-44(42(32)38(31)28-34)52-53(51-39)35-12-5-2-6-13-35/h1-28H. The van der Waals surface area contributed by atoms with Crippen LogP contribution in [0.5, 0.6) is 0 Å². The molecule has 54 heavy (non-hydrogen) atoms. The van der Waals surface area contributed by atoms with Gasteiger partial charge < -0.3 is 4.42 Å². The van der Waals surface area contributed by atoms with E-state index < -0.39 is 0 Å². The summed E-state index contributed by atoms with van der Waals surface area (Å²) in [5.74, 6) is 1.74. The summed E-state index contributed by atoms with van der Waals surface area (Å²) >= 11 is 0. The van der Waals surface area contributed by atoms with E-state index in [-0.39, 0.29) is 0 Å². The van der Waals surface area contributed by atoms with E-state index in [1.807, 2.05) is 72.8 Å². The van der Waals surface area contributed by atoms with E-state index in [0.717, 1.165) is 88.0 Å². The molecule has 0 bridgehead atoms. The second kappa shape index (κ2) is 12.0. The molecule has 252 valence electrons. The van der Waals surface area contributed by atoms with Gasteiger partial charge in [-0.05, 0) is 63.7 Å². The number of hydrogen-bond acceptors (Lipinski definition) is 6. The van der Waals surface area contributed by atoms with Crippen molar-refractivity contribution < 1.29 is 4.42 Å². The van der Waals surface area contributed by atoms with Gasteiger partial charge in [0, 0.05) is 32.8 Å². The van der Waals surface area contributed by atoms with Crippen LogP contribution in [0.3, 0.4) is 0 Å². The maximum Gasteiger partial charge on any atom is 0.164 e. The van der Waals surface area contributed by atoms with Crippen LogP contribution >= 0.6 is 0 Å². The Labute approximate surface area is 308 Å². The van der Waals surface area contributed by atoms with E-state index in [1.165, 1.54) is 0 Å². The Bertz CT molecular complexity index is 3210. The lowest BCUT2D eigenvalue weighted by molar-refractivity contribution is 0.669. The first-order valence-electron chi connectivity index (χ1n) is 17.8. The zero-order valence-corrected chi connectivity index (χ0v) is 28.8. The van der Waals surface area contributed by atoms with Crippen LogP contribution in [0.25, 0.3) is 105 Å². The van der Waals surface area contributed by atoms with Gasteiger partial charge in [0.05, 0.1) is 5.69 Å². The van der Waals surface area contributed by atoms with Crippen molar-refractivity contribution in [3.63, 3.8) is 0 Å². The molecule has 0 saturated heterocycles. The van der Waals surface area contributed by atoms with E-state index in [1.54, 1.807) is 4.80 Å². The summed E-state index contributed by atoms with van der Waals surface area (Å²) in [6.45, 7) is 0.